The summed E-state index contributed by atoms with van der Waals surface area (Å²) in [5.74, 6) is 0.788. The molecule has 0 radical (unpaired) electrons. The first kappa shape index (κ1) is 40.8. The van der Waals surface area contributed by atoms with Crippen molar-refractivity contribution in [3.63, 3.8) is 0 Å². The zero-order valence-electron chi connectivity index (χ0n) is 34.9. The fourth-order valence-electron chi connectivity index (χ4n) is 9.95. The third-order valence-electron chi connectivity index (χ3n) is 13.0. The van der Waals surface area contributed by atoms with Gasteiger partial charge in [0.1, 0.15) is 17.9 Å². The molecule has 1 saturated carbocycles. The number of aryl methyl sites for hydroxylation is 2. The molecule has 3 saturated heterocycles. The van der Waals surface area contributed by atoms with Gasteiger partial charge < -0.3 is 30.5 Å². The summed E-state index contributed by atoms with van der Waals surface area (Å²) < 4.78 is 6.55. The van der Waals surface area contributed by atoms with Gasteiger partial charge in [-0.1, -0.05) is 34.3 Å². The monoisotopic (exact) mass is 786 g/mol. The number of carbonyl (C=O) groups is 3. The van der Waals surface area contributed by atoms with Crippen LogP contribution in [0.3, 0.4) is 0 Å². The zero-order valence-corrected chi connectivity index (χ0v) is 34.9. The first-order valence-corrected chi connectivity index (χ1v) is 20.7. The Hall–Kier alpha value is -5.41. The summed E-state index contributed by atoms with van der Waals surface area (Å²) >= 11 is 0. The average Bonchev–Trinajstić information content (AvgIpc) is 3.20. The number of ether oxygens (including phenoxy) is 1. The van der Waals surface area contributed by atoms with Gasteiger partial charge in [0.25, 0.3) is 11.8 Å². The number of benzene rings is 2. The van der Waals surface area contributed by atoms with Crippen LogP contribution in [0.15, 0.2) is 67.1 Å². The highest BCUT2D eigenvalue weighted by molar-refractivity contribution is 5.98. The normalized spacial score (nSPS) is 23.3. The standard InChI is InChI=1S/C46H58N8O4/c1-29-22-37(23-30(2)38(29)25-47)58-44-45(4,5)43(46(44,6)7)51-40(55)33-9-11-35(12-10-33)53-16-14-32(15-17-53)28-52-18-20-54(21-19-52)36-24-34(26-48-27-36)41(56)50-39-13-8-31(3)49-42(39)57/h9-12,22-24,26-27,32,39,43-44H,3,8,13-21,28H2,1-2,4-7H3,(H,49,57)(H,50,56)(H,51,55). The summed E-state index contributed by atoms with van der Waals surface area (Å²) in [5, 5.41) is 18.4. The maximum Gasteiger partial charge on any atom is 0.253 e. The Morgan fingerprint density at radius 2 is 1.48 bits per heavy atom. The first-order valence-electron chi connectivity index (χ1n) is 20.7. The van der Waals surface area contributed by atoms with Crippen molar-refractivity contribution in [3.05, 3.63) is 95.0 Å². The minimum absolute atomic E-state index is 0.0771. The number of hydrogen-bond donors (Lipinski definition) is 3. The van der Waals surface area contributed by atoms with Crippen LogP contribution in [-0.2, 0) is 4.79 Å². The van der Waals surface area contributed by atoms with Crippen LogP contribution >= 0.6 is 0 Å². The molecule has 1 atom stereocenters. The Labute approximate surface area is 343 Å². The van der Waals surface area contributed by atoms with Crippen molar-refractivity contribution in [2.45, 2.75) is 85.4 Å². The Bertz CT molecular complexity index is 2050. The first-order chi connectivity index (χ1) is 27.6. The van der Waals surface area contributed by atoms with Crippen molar-refractivity contribution in [1.29, 1.82) is 5.26 Å². The van der Waals surface area contributed by atoms with Crippen molar-refractivity contribution in [2.75, 3.05) is 55.6 Å². The molecule has 3 N–H and O–H groups in total. The van der Waals surface area contributed by atoms with E-state index in [1.54, 1.807) is 12.4 Å². The van der Waals surface area contributed by atoms with Crippen molar-refractivity contribution >= 4 is 29.1 Å². The molecule has 1 aliphatic carbocycles. The van der Waals surface area contributed by atoms with Gasteiger partial charge in [0.15, 0.2) is 0 Å². The molecule has 1 unspecified atom stereocenters. The summed E-state index contributed by atoms with van der Waals surface area (Å²) in [5.41, 5.74) is 5.74. The molecular formula is C46H58N8O4. The highest BCUT2D eigenvalue weighted by Gasteiger charge is 2.64. The molecule has 0 bridgehead atoms. The smallest absolute Gasteiger partial charge is 0.253 e. The van der Waals surface area contributed by atoms with Gasteiger partial charge in [-0.05, 0) is 99.0 Å². The highest BCUT2D eigenvalue weighted by Crippen LogP contribution is 2.55. The van der Waals surface area contributed by atoms with Crippen LogP contribution < -0.4 is 30.5 Å². The average molecular weight is 787 g/mol. The number of aromatic nitrogens is 1. The van der Waals surface area contributed by atoms with E-state index in [4.69, 9.17) is 4.74 Å². The van der Waals surface area contributed by atoms with Gasteiger partial charge >= 0.3 is 0 Å². The minimum Gasteiger partial charge on any atom is -0.489 e. The van der Waals surface area contributed by atoms with Crippen molar-refractivity contribution in [3.8, 4) is 11.8 Å². The second-order valence-corrected chi connectivity index (χ2v) is 17.9. The van der Waals surface area contributed by atoms with E-state index in [9.17, 15) is 19.6 Å². The van der Waals surface area contributed by atoms with Gasteiger partial charge in [0.2, 0.25) is 5.91 Å². The molecule has 3 aromatic rings. The highest BCUT2D eigenvalue weighted by atomic mass is 16.5. The quantitative estimate of drug-likeness (QED) is 0.235. The number of piperazine rings is 1. The van der Waals surface area contributed by atoms with E-state index in [1.165, 1.54) is 0 Å². The molecule has 3 aliphatic heterocycles. The summed E-state index contributed by atoms with van der Waals surface area (Å²) in [6, 6.07) is 15.4. The number of nitrogens with zero attached hydrogens (tertiary/aromatic N) is 5. The molecule has 2 aromatic carbocycles. The second-order valence-electron chi connectivity index (χ2n) is 17.9. The lowest BCUT2D eigenvalue weighted by Crippen LogP contribution is -2.74. The molecule has 1 aromatic heterocycles. The van der Waals surface area contributed by atoms with Crippen LogP contribution in [0, 0.1) is 41.9 Å². The van der Waals surface area contributed by atoms with Crippen LogP contribution in [0.1, 0.15) is 90.8 Å². The van der Waals surface area contributed by atoms with E-state index >= 15 is 0 Å². The number of pyridine rings is 1. The number of anilines is 2. The molecule has 12 heteroatoms. The molecule has 58 heavy (non-hydrogen) atoms. The van der Waals surface area contributed by atoms with Gasteiger partial charge in [0.05, 0.1) is 29.1 Å². The summed E-state index contributed by atoms with van der Waals surface area (Å²) in [7, 11) is 0. The number of amides is 3. The van der Waals surface area contributed by atoms with Crippen LogP contribution in [0.4, 0.5) is 11.4 Å². The van der Waals surface area contributed by atoms with Crippen LogP contribution in [0.25, 0.3) is 0 Å². The Morgan fingerprint density at radius 1 is 0.862 bits per heavy atom. The van der Waals surface area contributed by atoms with E-state index in [-0.39, 0.29) is 40.7 Å². The fraction of sp³-hybridized carbons (Fsp3) is 0.500. The number of carbonyl (C=O) groups excluding carboxylic acids is 3. The third-order valence-corrected chi connectivity index (χ3v) is 13.0. The largest absolute Gasteiger partial charge is 0.489 e. The van der Waals surface area contributed by atoms with E-state index in [1.807, 2.05) is 44.2 Å². The second kappa shape index (κ2) is 16.5. The minimum atomic E-state index is -0.567. The lowest BCUT2D eigenvalue weighted by Gasteiger charge is -2.63. The van der Waals surface area contributed by atoms with Gasteiger partial charge in [-0.25, -0.2) is 0 Å². The molecule has 4 heterocycles. The number of piperidine rings is 2. The number of hydrogen-bond acceptors (Lipinski definition) is 9. The lowest BCUT2D eigenvalue weighted by molar-refractivity contribution is -0.164. The maximum atomic E-state index is 13.6. The predicted molar refractivity (Wildman–Crippen MR) is 226 cm³/mol. The van der Waals surface area contributed by atoms with Gasteiger partial charge in [0, 0.05) is 85.8 Å². The third kappa shape index (κ3) is 8.42. The van der Waals surface area contributed by atoms with E-state index in [0.717, 1.165) is 86.9 Å². The maximum absolute atomic E-state index is 13.6. The molecule has 3 amide bonds. The predicted octanol–water partition coefficient (Wildman–Crippen LogP) is 5.74. The molecular weight excluding hydrogens is 729 g/mol. The van der Waals surface area contributed by atoms with Crippen LogP contribution in [0.2, 0.25) is 0 Å². The van der Waals surface area contributed by atoms with E-state index in [2.05, 4.69) is 88.1 Å². The Balaban J connectivity index is 0.850. The number of nitrogens with one attached hydrogen (secondary N) is 3. The zero-order chi connectivity index (χ0) is 41.4. The molecule has 306 valence electrons. The van der Waals surface area contributed by atoms with E-state index in [0.29, 0.717) is 41.1 Å². The molecule has 12 nitrogen and oxygen atoms in total. The molecule has 7 rings (SSSR count). The van der Waals surface area contributed by atoms with Crippen molar-refractivity contribution in [1.82, 2.24) is 25.8 Å². The van der Waals surface area contributed by atoms with Gasteiger partial charge in [-0.2, -0.15) is 5.26 Å². The topological polar surface area (TPSA) is 143 Å². The SMILES string of the molecule is C=C1CCC(NC(=O)c2cncc(N3CCN(CC4CCN(c5ccc(C(=O)NC6C(C)(C)C(Oc7cc(C)c(C#N)c(C)c7)C6(C)C)cc5)CC4)CC3)c2)C(=O)N1. The Morgan fingerprint density at radius 3 is 2.10 bits per heavy atom. The number of rotatable bonds is 10. The summed E-state index contributed by atoms with van der Waals surface area (Å²) in [4.78, 5) is 50.4. The fourth-order valence-corrected chi connectivity index (χ4v) is 9.95. The summed E-state index contributed by atoms with van der Waals surface area (Å²) in [6.07, 6.45) is 6.67. The number of nitriles is 1. The molecule has 4 aliphatic rings. The van der Waals surface area contributed by atoms with Crippen LogP contribution in [-0.4, -0.2) is 91.6 Å². The molecule has 4 fully saturated rings. The van der Waals surface area contributed by atoms with Crippen molar-refractivity contribution < 1.29 is 19.1 Å². The van der Waals surface area contributed by atoms with E-state index < -0.39 is 6.04 Å². The van der Waals surface area contributed by atoms with Crippen molar-refractivity contribution in [2.24, 2.45) is 16.7 Å². The Kier molecular flexibility index (Phi) is 11.6. The number of allylic oxidation sites excluding steroid dienone is 1. The summed E-state index contributed by atoms with van der Waals surface area (Å²) in [6.45, 7) is 22.9. The lowest BCUT2D eigenvalue weighted by atomic mass is 9.49. The van der Waals surface area contributed by atoms with Gasteiger partial charge in [-0.15, -0.1) is 0 Å². The van der Waals surface area contributed by atoms with Crippen LogP contribution in [0.5, 0.6) is 5.75 Å². The molecule has 0 spiro atoms. The van der Waals surface area contributed by atoms with Gasteiger partial charge in [-0.3, -0.25) is 24.3 Å².